The summed E-state index contributed by atoms with van der Waals surface area (Å²) in [5, 5.41) is 3.45. The van der Waals surface area contributed by atoms with Crippen molar-refractivity contribution < 1.29 is 8.42 Å². The molecular weight excluding hydrogens is 272 g/mol. The summed E-state index contributed by atoms with van der Waals surface area (Å²) < 4.78 is 26.9. The van der Waals surface area contributed by atoms with Gasteiger partial charge in [-0.3, -0.25) is 0 Å². The first-order chi connectivity index (χ1) is 9.55. The van der Waals surface area contributed by atoms with Crippen LogP contribution in [0.4, 0.5) is 0 Å². The molecule has 2 aliphatic carbocycles. The van der Waals surface area contributed by atoms with Crippen LogP contribution >= 0.6 is 0 Å². The van der Waals surface area contributed by atoms with Crippen LogP contribution in [-0.4, -0.2) is 43.6 Å². The highest BCUT2D eigenvalue weighted by Gasteiger charge is 2.36. The van der Waals surface area contributed by atoms with Gasteiger partial charge in [-0.05, 0) is 51.5 Å². The Morgan fingerprint density at radius 1 is 1.05 bits per heavy atom. The van der Waals surface area contributed by atoms with Crippen LogP contribution in [0.1, 0.15) is 64.7 Å². The SMILES string of the molecule is CCCNC1CCC(N(C)S(=O)(=O)C2CCCC2)CC1. The second kappa shape index (κ2) is 7.23. The molecule has 1 N–H and O–H groups in total. The van der Waals surface area contributed by atoms with Gasteiger partial charge in [-0.2, -0.15) is 0 Å². The zero-order valence-corrected chi connectivity index (χ0v) is 13.8. The zero-order chi connectivity index (χ0) is 14.6. The normalized spacial score (nSPS) is 29.1. The van der Waals surface area contributed by atoms with Crippen molar-refractivity contribution in [2.75, 3.05) is 13.6 Å². The summed E-state index contributed by atoms with van der Waals surface area (Å²) in [5.74, 6) is 0. The van der Waals surface area contributed by atoms with Gasteiger partial charge in [-0.25, -0.2) is 12.7 Å². The number of hydrogen-bond donors (Lipinski definition) is 1. The van der Waals surface area contributed by atoms with Crippen molar-refractivity contribution in [3.05, 3.63) is 0 Å². The molecule has 0 atom stereocenters. The lowest BCUT2D eigenvalue weighted by atomic mass is 9.91. The van der Waals surface area contributed by atoms with Gasteiger partial charge in [0.2, 0.25) is 10.0 Å². The van der Waals surface area contributed by atoms with E-state index in [-0.39, 0.29) is 11.3 Å². The minimum Gasteiger partial charge on any atom is -0.314 e. The summed E-state index contributed by atoms with van der Waals surface area (Å²) in [6, 6.07) is 0.814. The molecule has 2 rings (SSSR count). The average molecular weight is 302 g/mol. The number of nitrogens with one attached hydrogen (secondary N) is 1. The monoisotopic (exact) mass is 302 g/mol. The predicted octanol–water partition coefficient (Wildman–Crippen LogP) is 2.50. The number of rotatable bonds is 6. The fraction of sp³-hybridized carbons (Fsp3) is 1.00. The Balaban J connectivity index is 1.86. The van der Waals surface area contributed by atoms with Gasteiger partial charge in [0, 0.05) is 19.1 Å². The van der Waals surface area contributed by atoms with Crippen molar-refractivity contribution in [1.29, 1.82) is 0 Å². The van der Waals surface area contributed by atoms with E-state index < -0.39 is 10.0 Å². The first-order valence-electron chi connectivity index (χ1n) is 8.26. The number of sulfonamides is 1. The third kappa shape index (κ3) is 3.74. The molecule has 2 aliphatic rings. The molecule has 0 radical (unpaired) electrons. The van der Waals surface area contributed by atoms with Gasteiger partial charge in [-0.1, -0.05) is 19.8 Å². The highest BCUT2D eigenvalue weighted by atomic mass is 32.2. The maximum atomic E-state index is 12.6. The fourth-order valence-electron chi connectivity index (χ4n) is 3.62. The van der Waals surface area contributed by atoms with Crippen LogP contribution in [0.3, 0.4) is 0 Å². The smallest absolute Gasteiger partial charge is 0.216 e. The highest BCUT2D eigenvalue weighted by molar-refractivity contribution is 7.89. The summed E-state index contributed by atoms with van der Waals surface area (Å²) in [7, 11) is -1.26. The Bertz CT molecular complexity index is 383. The molecule has 20 heavy (non-hydrogen) atoms. The maximum Gasteiger partial charge on any atom is 0.216 e. The highest BCUT2D eigenvalue weighted by Crippen LogP contribution is 2.31. The second-order valence-electron chi connectivity index (χ2n) is 6.43. The van der Waals surface area contributed by atoms with E-state index in [9.17, 15) is 8.42 Å². The van der Waals surface area contributed by atoms with E-state index in [1.807, 2.05) is 0 Å². The van der Waals surface area contributed by atoms with Crippen molar-refractivity contribution in [1.82, 2.24) is 9.62 Å². The number of hydrogen-bond acceptors (Lipinski definition) is 3. The van der Waals surface area contributed by atoms with Gasteiger partial charge in [0.1, 0.15) is 0 Å². The summed E-state index contributed by atoms with van der Waals surface area (Å²) in [6.45, 7) is 3.26. The molecule has 0 aliphatic heterocycles. The molecule has 0 heterocycles. The molecule has 4 nitrogen and oxygen atoms in total. The first-order valence-corrected chi connectivity index (χ1v) is 9.76. The summed E-state index contributed by atoms with van der Waals surface area (Å²) in [6.07, 6.45) is 9.25. The molecule has 0 aromatic carbocycles. The lowest BCUT2D eigenvalue weighted by Crippen LogP contribution is -2.45. The van der Waals surface area contributed by atoms with Crippen molar-refractivity contribution in [3.8, 4) is 0 Å². The summed E-state index contributed by atoms with van der Waals surface area (Å²) in [5.41, 5.74) is 0. The summed E-state index contributed by atoms with van der Waals surface area (Å²) in [4.78, 5) is 0. The minimum atomic E-state index is -3.06. The Morgan fingerprint density at radius 2 is 1.65 bits per heavy atom. The molecule has 0 unspecified atom stereocenters. The van der Waals surface area contributed by atoms with E-state index in [2.05, 4.69) is 12.2 Å². The van der Waals surface area contributed by atoms with E-state index >= 15 is 0 Å². The van der Waals surface area contributed by atoms with Crippen LogP contribution in [0.15, 0.2) is 0 Å². The molecule has 0 bridgehead atoms. The van der Waals surface area contributed by atoms with Gasteiger partial charge < -0.3 is 5.32 Å². The zero-order valence-electron chi connectivity index (χ0n) is 13.0. The molecule has 0 aromatic heterocycles. The second-order valence-corrected chi connectivity index (χ2v) is 8.70. The van der Waals surface area contributed by atoms with Crippen LogP contribution in [0.2, 0.25) is 0 Å². The van der Waals surface area contributed by atoms with E-state index in [1.54, 1.807) is 11.4 Å². The van der Waals surface area contributed by atoms with Crippen LogP contribution in [0.25, 0.3) is 0 Å². The summed E-state index contributed by atoms with van der Waals surface area (Å²) >= 11 is 0. The minimum absolute atomic E-state index is 0.108. The van der Waals surface area contributed by atoms with Crippen LogP contribution in [-0.2, 0) is 10.0 Å². The van der Waals surface area contributed by atoms with Gasteiger partial charge in [0.05, 0.1) is 5.25 Å². The Morgan fingerprint density at radius 3 is 2.20 bits per heavy atom. The van der Waals surface area contributed by atoms with E-state index in [0.29, 0.717) is 6.04 Å². The fourth-order valence-corrected chi connectivity index (χ4v) is 5.65. The molecule has 0 saturated heterocycles. The molecule has 0 spiro atoms. The van der Waals surface area contributed by atoms with Crippen molar-refractivity contribution in [2.24, 2.45) is 0 Å². The van der Waals surface area contributed by atoms with Gasteiger partial charge in [-0.15, -0.1) is 0 Å². The lowest BCUT2D eigenvalue weighted by Gasteiger charge is -2.35. The Hall–Kier alpha value is -0.130. The topological polar surface area (TPSA) is 49.4 Å². The Kier molecular flexibility index (Phi) is 5.87. The number of nitrogens with zero attached hydrogens (tertiary/aromatic N) is 1. The van der Waals surface area contributed by atoms with E-state index in [0.717, 1.165) is 64.3 Å². The molecule has 2 fully saturated rings. The quantitative estimate of drug-likeness (QED) is 0.820. The van der Waals surface area contributed by atoms with Crippen molar-refractivity contribution in [2.45, 2.75) is 82.0 Å². The van der Waals surface area contributed by atoms with Gasteiger partial charge in [0.25, 0.3) is 0 Å². The van der Waals surface area contributed by atoms with Gasteiger partial charge in [0.15, 0.2) is 0 Å². The van der Waals surface area contributed by atoms with Crippen LogP contribution < -0.4 is 5.32 Å². The third-order valence-corrected chi connectivity index (χ3v) is 7.43. The van der Waals surface area contributed by atoms with Gasteiger partial charge >= 0.3 is 0 Å². The largest absolute Gasteiger partial charge is 0.314 e. The standard InChI is InChI=1S/C15H30N2O2S/c1-3-12-16-13-8-10-14(11-9-13)17(2)20(18,19)15-6-4-5-7-15/h13-16H,3-12H2,1-2H3. The van der Waals surface area contributed by atoms with Crippen molar-refractivity contribution in [3.63, 3.8) is 0 Å². The molecule has 118 valence electrons. The molecule has 0 aromatic rings. The lowest BCUT2D eigenvalue weighted by molar-refractivity contribution is 0.248. The van der Waals surface area contributed by atoms with E-state index in [1.165, 1.54) is 0 Å². The first kappa shape index (κ1) is 16.2. The van der Waals surface area contributed by atoms with Crippen LogP contribution in [0.5, 0.6) is 0 Å². The average Bonchev–Trinajstić information content (AvgIpc) is 3.00. The van der Waals surface area contributed by atoms with Crippen molar-refractivity contribution >= 4 is 10.0 Å². The molecule has 0 amide bonds. The Labute approximate surface area is 124 Å². The predicted molar refractivity (Wildman–Crippen MR) is 83.3 cm³/mol. The van der Waals surface area contributed by atoms with Crippen LogP contribution in [0, 0.1) is 0 Å². The molecule has 5 heteroatoms. The van der Waals surface area contributed by atoms with E-state index in [4.69, 9.17) is 0 Å². The maximum absolute atomic E-state index is 12.6. The molecule has 2 saturated carbocycles. The molecular formula is C15H30N2O2S. The third-order valence-electron chi connectivity index (χ3n) is 5.02.